The Balaban J connectivity index is 1.69. The number of nitrogens with one attached hydrogen (secondary N) is 1. The van der Waals surface area contributed by atoms with E-state index in [1.165, 1.54) is 0 Å². The maximum absolute atomic E-state index is 12.2. The van der Waals surface area contributed by atoms with Crippen molar-refractivity contribution < 1.29 is 19.4 Å². The molecule has 2 fully saturated rings. The molecule has 0 aliphatic carbocycles. The van der Waals surface area contributed by atoms with Crippen LogP contribution in [0.15, 0.2) is 0 Å². The zero-order chi connectivity index (χ0) is 15.1. The van der Waals surface area contributed by atoms with Gasteiger partial charge in [-0.2, -0.15) is 0 Å². The van der Waals surface area contributed by atoms with Crippen molar-refractivity contribution in [3.63, 3.8) is 0 Å². The van der Waals surface area contributed by atoms with E-state index in [9.17, 15) is 9.59 Å². The number of amides is 2. The molecule has 6 heteroatoms. The zero-order valence-electron chi connectivity index (χ0n) is 12.6. The van der Waals surface area contributed by atoms with Crippen molar-refractivity contribution in [2.24, 2.45) is 11.8 Å². The van der Waals surface area contributed by atoms with E-state index in [-0.39, 0.29) is 12.5 Å². The number of urea groups is 1. The Bertz CT molecular complexity index is 356. The molecular weight excluding hydrogens is 272 g/mol. The monoisotopic (exact) mass is 298 g/mol. The molecule has 120 valence electrons. The van der Waals surface area contributed by atoms with Crippen molar-refractivity contribution in [2.75, 3.05) is 32.8 Å². The topological polar surface area (TPSA) is 78.9 Å². The van der Waals surface area contributed by atoms with Crippen molar-refractivity contribution in [3.05, 3.63) is 0 Å². The molecule has 2 heterocycles. The average molecular weight is 298 g/mol. The maximum Gasteiger partial charge on any atom is 0.317 e. The summed E-state index contributed by atoms with van der Waals surface area (Å²) in [5.74, 6) is -0.0113. The van der Waals surface area contributed by atoms with Crippen LogP contribution in [0.2, 0.25) is 0 Å². The zero-order valence-corrected chi connectivity index (χ0v) is 12.6. The third-order valence-electron chi connectivity index (χ3n) is 4.37. The molecule has 2 saturated heterocycles. The number of piperidine rings is 1. The SMILES string of the molecule is O=C(O)CCC1CCCN(C(=O)NCC2CCCOC2)C1. The van der Waals surface area contributed by atoms with Crippen molar-refractivity contribution in [1.82, 2.24) is 10.2 Å². The number of aliphatic carboxylic acids is 1. The largest absolute Gasteiger partial charge is 0.481 e. The third-order valence-corrected chi connectivity index (χ3v) is 4.37. The predicted octanol–water partition coefficient (Wildman–Crippen LogP) is 1.70. The van der Waals surface area contributed by atoms with Gasteiger partial charge in [0.25, 0.3) is 0 Å². The molecule has 2 amide bonds. The Labute approximate surface area is 125 Å². The van der Waals surface area contributed by atoms with E-state index >= 15 is 0 Å². The van der Waals surface area contributed by atoms with Crippen molar-refractivity contribution >= 4 is 12.0 Å². The molecule has 2 atom stereocenters. The summed E-state index contributed by atoms with van der Waals surface area (Å²) in [5, 5.41) is 11.7. The molecule has 2 rings (SSSR count). The lowest BCUT2D eigenvalue weighted by atomic mass is 9.93. The normalized spacial score (nSPS) is 26.4. The Morgan fingerprint density at radius 1 is 1.24 bits per heavy atom. The number of hydrogen-bond donors (Lipinski definition) is 2. The van der Waals surface area contributed by atoms with Crippen molar-refractivity contribution in [2.45, 2.75) is 38.5 Å². The number of ether oxygens (including phenoxy) is 1. The fourth-order valence-electron chi connectivity index (χ4n) is 3.12. The second kappa shape index (κ2) is 8.22. The van der Waals surface area contributed by atoms with E-state index in [2.05, 4.69) is 5.32 Å². The minimum absolute atomic E-state index is 0.0133. The van der Waals surface area contributed by atoms with Gasteiger partial charge in [-0.15, -0.1) is 0 Å². The fraction of sp³-hybridized carbons (Fsp3) is 0.867. The highest BCUT2D eigenvalue weighted by Gasteiger charge is 2.24. The van der Waals surface area contributed by atoms with E-state index in [1.54, 1.807) is 0 Å². The summed E-state index contributed by atoms with van der Waals surface area (Å²) in [6.07, 6.45) is 5.02. The summed E-state index contributed by atoms with van der Waals surface area (Å²) in [4.78, 5) is 24.6. The number of likely N-dealkylation sites (tertiary alicyclic amines) is 1. The van der Waals surface area contributed by atoms with Crippen LogP contribution >= 0.6 is 0 Å². The van der Waals surface area contributed by atoms with Gasteiger partial charge in [-0.1, -0.05) is 0 Å². The minimum Gasteiger partial charge on any atom is -0.481 e. The summed E-state index contributed by atoms with van der Waals surface area (Å²) < 4.78 is 5.41. The molecule has 6 nitrogen and oxygen atoms in total. The number of carbonyl (C=O) groups is 2. The summed E-state index contributed by atoms with van der Waals surface area (Å²) in [7, 11) is 0. The van der Waals surface area contributed by atoms with Gasteiger partial charge in [-0.3, -0.25) is 4.79 Å². The van der Waals surface area contributed by atoms with E-state index in [0.29, 0.717) is 31.3 Å². The third kappa shape index (κ3) is 5.53. The van der Waals surface area contributed by atoms with Gasteiger partial charge in [0.05, 0.1) is 6.61 Å². The molecule has 2 aliphatic heterocycles. The van der Waals surface area contributed by atoms with Gasteiger partial charge in [0.2, 0.25) is 0 Å². The lowest BCUT2D eigenvalue weighted by molar-refractivity contribution is -0.137. The molecule has 0 radical (unpaired) electrons. The molecule has 0 aromatic rings. The second-order valence-electron chi connectivity index (χ2n) is 6.16. The second-order valence-corrected chi connectivity index (χ2v) is 6.16. The standard InChI is InChI=1S/C15H26N2O4/c18-14(19)6-5-12-3-1-7-17(10-12)15(20)16-9-13-4-2-8-21-11-13/h12-13H,1-11H2,(H,16,20)(H,18,19). The Morgan fingerprint density at radius 2 is 2.05 bits per heavy atom. The number of hydrogen-bond acceptors (Lipinski definition) is 3. The van der Waals surface area contributed by atoms with E-state index < -0.39 is 5.97 Å². The van der Waals surface area contributed by atoms with Crippen LogP contribution in [0.1, 0.15) is 38.5 Å². The van der Waals surface area contributed by atoms with Crippen LogP contribution in [0.25, 0.3) is 0 Å². The highest BCUT2D eigenvalue weighted by atomic mass is 16.5. The first-order valence-corrected chi connectivity index (χ1v) is 7.97. The first kappa shape index (κ1) is 16.1. The highest BCUT2D eigenvalue weighted by molar-refractivity contribution is 5.74. The van der Waals surface area contributed by atoms with Crippen molar-refractivity contribution in [3.8, 4) is 0 Å². The number of carboxylic acids is 1. The van der Waals surface area contributed by atoms with Gasteiger partial charge in [-0.05, 0) is 43.9 Å². The molecule has 0 spiro atoms. The van der Waals surface area contributed by atoms with Crippen LogP contribution in [0, 0.1) is 11.8 Å². The Hall–Kier alpha value is -1.30. The molecule has 2 aliphatic rings. The molecule has 21 heavy (non-hydrogen) atoms. The number of nitrogens with zero attached hydrogens (tertiary/aromatic N) is 1. The molecule has 0 saturated carbocycles. The quantitative estimate of drug-likeness (QED) is 0.809. The molecule has 0 aromatic carbocycles. The van der Waals surface area contributed by atoms with Crippen LogP contribution < -0.4 is 5.32 Å². The van der Waals surface area contributed by atoms with Crippen LogP contribution in [-0.4, -0.2) is 54.9 Å². The fourth-order valence-corrected chi connectivity index (χ4v) is 3.12. The highest BCUT2D eigenvalue weighted by Crippen LogP contribution is 2.21. The predicted molar refractivity (Wildman–Crippen MR) is 78.1 cm³/mol. The lowest BCUT2D eigenvalue weighted by Crippen LogP contribution is -2.47. The molecule has 0 bridgehead atoms. The smallest absolute Gasteiger partial charge is 0.317 e. The molecular formula is C15H26N2O4. The lowest BCUT2D eigenvalue weighted by Gasteiger charge is -2.33. The van der Waals surface area contributed by atoms with E-state index in [4.69, 9.17) is 9.84 Å². The van der Waals surface area contributed by atoms with Gasteiger partial charge >= 0.3 is 12.0 Å². The van der Waals surface area contributed by atoms with Crippen molar-refractivity contribution in [1.29, 1.82) is 0 Å². The van der Waals surface area contributed by atoms with Gasteiger partial charge in [0, 0.05) is 32.7 Å². The molecule has 0 aromatic heterocycles. The summed E-state index contributed by atoms with van der Waals surface area (Å²) >= 11 is 0. The first-order chi connectivity index (χ1) is 10.1. The van der Waals surface area contributed by atoms with Crippen LogP contribution in [0.3, 0.4) is 0 Å². The Kier molecular flexibility index (Phi) is 6.29. The summed E-state index contributed by atoms with van der Waals surface area (Å²) in [6.45, 7) is 3.70. The van der Waals surface area contributed by atoms with Gasteiger partial charge in [0.1, 0.15) is 0 Å². The van der Waals surface area contributed by atoms with Crippen LogP contribution in [0.5, 0.6) is 0 Å². The van der Waals surface area contributed by atoms with Crippen LogP contribution in [-0.2, 0) is 9.53 Å². The van der Waals surface area contributed by atoms with Gasteiger partial charge in [0.15, 0.2) is 0 Å². The van der Waals surface area contributed by atoms with E-state index in [1.807, 2.05) is 4.90 Å². The molecule has 2 N–H and O–H groups in total. The number of carbonyl (C=O) groups excluding carboxylic acids is 1. The van der Waals surface area contributed by atoms with E-state index in [0.717, 1.165) is 45.4 Å². The summed E-state index contributed by atoms with van der Waals surface area (Å²) in [5.41, 5.74) is 0. The van der Waals surface area contributed by atoms with Gasteiger partial charge in [-0.25, -0.2) is 4.79 Å². The number of carboxylic acid groups (broad SMARTS) is 1. The maximum atomic E-state index is 12.2. The number of rotatable bonds is 5. The average Bonchev–Trinajstić information content (AvgIpc) is 2.52. The minimum atomic E-state index is -0.756. The van der Waals surface area contributed by atoms with Crippen LogP contribution in [0.4, 0.5) is 4.79 Å². The first-order valence-electron chi connectivity index (χ1n) is 7.97. The molecule has 2 unspecified atom stereocenters. The van der Waals surface area contributed by atoms with Gasteiger partial charge < -0.3 is 20.1 Å². The summed E-state index contributed by atoms with van der Waals surface area (Å²) in [6, 6.07) is -0.0133. The Morgan fingerprint density at radius 3 is 2.76 bits per heavy atom.